The first kappa shape index (κ1) is 14.8. The highest BCUT2D eigenvalue weighted by molar-refractivity contribution is 5.71. The van der Waals surface area contributed by atoms with E-state index >= 15 is 0 Å². The largest absolute Gasteiger partial charge is 0.481 e. The highest BCUT2D eigenvalue weighted by Gasteiger charge is 2.36. The third-order valence-corrected chi connectivity index (χ3v) is 3.20. The van der Waals surface area contributed by atoms with E-state index in [1.54, 1.807) is 4.90 Å². The van der Waals surface area contributed by atoms with Gasteiger partial charge in [-0.05, 0) is 39.5 Å². The van der Waals surface area contributed by atoms with Gasteiger partial charge in [0.15, 0.2) is 0 Å². The fourth-order valence-corrected chi connectivity index (χ4v) is 2.32. The van der Waals surface area contributed by atoms with Crippen molar-refractivity contribution in [2.75, 3.05) is 13.1 Å². The zero-order valence-corrected chi connectivity index (χ0v) is 11.6. The van der Waals surface area contributed by atoms with E-state index in [0.29, 0.717) is 19.5 Å². The van der Waals surface area contributed by atoms with Crippen molar-refractivity contribution in [1.29, 1.82) is 0 Å². The van der Waals surface area contributed by atoms with Crippen LogP contribution >= 0.6 is 0 Å². The van der Waals surface area contributed by atoms with Crippen molar-refractivity contribution in [1.82, 2.24) is 4.90 Å². The molecule has 1 amide bonds. The Bertz CT molecular complexity index is 321. The maximum Gasteiger partial charge on any atom is 0.410 e. The number of nitrogens with zero attached hydrogens (tertiary/aromatic N) is 1. The molecular formula is C13H23NO4. The zero-order chi connectivity index (χ0) is 13.9. The quantitative estimate of drug-likeness (QED) is 0.842. The smallest absolute Gasteiger partial charge is 0.410 e. The fraction of sp³-hybridized carbons (Fsp3) is 0.846. The van der Waals surface area contributed by atoms with Gasteiger partial charge in [-0.2, -0.15) is 0 Å². The van der Waals surface area contributed by atoms with Crippen molar-refractivity contribution in [3.63, 3.8) is 0 Å². The van der Waals surface area contributed by atoms with E-state index in [2.05, 4.69) is 0 Å². The van der Waals surface area contributed by atoms with Gasteiger partial charge < -0.3 is 14.7 Å². The summed E-state index contributed by atoms with van der Waals surface area (Å²) in [6.45, 7) is 8.41. The van der Waals surface area contributed by atoms with Crippen molar-refractivity contribution in [2.24, 2.45) is 11.8 Å². The SMILES string of the molecule is CC[C@H](C(=O)O)[C@H]1CCN(C(=O)OC(C)(C)C)C1. The number of hydrogen-bond donors (Lipinski definition) is 1. The third-order valence-electron chi connectivity index (χ3n) is 3.20. The minimum Gasteiger partial charge on any atom is -0.481 e. The van der Waals surface area contributed by atoms with E-state index in [1.165, 1.54) is 0 Å². The Morgan fingerprint density at radius 1 is 1.44 bits per heavy atom. The number of likely N-dealkylation sites (tertiary alicyclic amines) is 1. The first-order chi connectivity index (χ1) is 8.24. The molecule has 0 saturated carbocycles. The lowest BCUT2D eigenvalue weighted by Crippen LogP contribution is -2.36. The van der Waals surface area contributed by atoms with Gasteiger partial charge >= 0.3 is 12.1 Å². The molecule has 1 heterocycles. The second-order valence-electron chi connectivity index (χ2n) is 5.83. The first-order valence-electron chi connectivity index (χ1n) is 6.45. The predicted octanol–water partition coefficient (Wildman–Crippen LogP) is 2.35. The summed E-state index contributed by atoms with van der Waals surface area (Å²) in [5.74, 6) is -1.09. The van der Waals surface area contributed by atoms with Gasteiger partial charge in [0.2, 0.25) is 0 Å². The summed E-state index contributed by atoms with van der Waals surface area (Å²) >= 11 is 0. The predicted molar refractivity (Wildman–Crippen MR) is 67.3 cm³/mol. The molecule has 1 fully saturated rings. The number of aliphatic carboxylic acids is 1. The molecule has 0 radical (unpaired) electrons. The second-order valence-corrected chi connectivity index (χ2v) is 5.83. The highest BCUT2D eigenvalue weighted by Crippen LogP contribution is 2.27. The maximum atomic E-state index is 11.8. The summed E-state index contributed by atoms with van der Waals surface area (Å²) in [5, 5.41) is 9.11. The lowest BCUT2D eigenvalue weighted by molar-refractivity contribution is -0.143. The van der Waals surface area contributed by atoms with Crippen LogP contribution in [0.15, 0.2) is 0 Å². The molecule has 1 rings (SSSR count). The van der Waals surface area contributed by atoms with Gasteiger partial charge in [0, 0.05) is 13.1 Å². The Balaban J connectivity index is 2.55. The molecule has 0 aromatic heterocycles. The van der Waals surface area contributed by atoms with Crippen LogP contribution in [0, 0.1) is 11.8 Å². The molecule has 2 atom stereocenters. The van der Waals surface area contributed by atoms with E-state index in [9.17, 15) is 9.59 Å². The summed E-state index contributed by atoms with van der Waals surface area (Å²) in [4.78, 5) is 24.5. The van der Waals surface area contributed by atoms with Gasteiger partial charge in [0.1, 0.15) is 5.60 Å². The minimum absolute atomic E-state index is 0.0417. The first-order valence-corrected chi connectivity index (χ1v) is 6.45. The van der Waals surface area contributed by atoms with Gasteiger partial charge in [-0.15, -0.1) is 0 Å². The second kappa shape index (κ2) is 5.59. The van der Waals surface area contributed by atoms with Crippen molar-refractivity contribution < 1.29 is 19.4 Å². The van der Waals surface area contributed by atoms with E-state index in [0.717, 1.165) is 6.42 Å². The van der Waals surface area contributed by atoms with E-state index in [4.69, 9.17) is 9.84 Å². The third kappa shape index (κ3) is 3.89. The Morgan fingerprint density at radius 3 is 2.50 bits per heavy atom. The molecule has 0 unspecified atom stereocenters. The molecule has 5 heteroatoms. The van der Waals surface area contributed by atoms with Crippen LogP contribution in [0.25, 0.3) is 0 Å². The molecule has 0 aromatic rings. The van der Waals surface area contributed by atoms with Crippen LogP contribution in [0.5, 0.6) is 0 Å². The molecule has 0 aliphatic carbocycles. The molecule has 104 valence electrons. The van der Waals surface area contributed by atoms with E-state index in [-0.39, 0.29) is 17.9 Å². The Hall–Kier alpha value is -1.26. The molecule has 18 heavy (non-hydrogen) atoms. The van der Waals surface area contributed by atoms with Crippen molar-refractivity contribution in [3.8, 4) is 0 Å². The Labute approximate surface area is 108 Å². The molecule has 1 aliphatic rings. The number of hydrogen-bond acceptors (Lipinski definition) is 3. The lowest BCUT2D eigenvalue weighted by atomic mass is 9.89. The number of carbonyl (C=O) groups excluding carboxylic acids is 1. The van der Waals surface area contributed by atoms with Crippen molar-refractivity contribution >= 4 is 12.1 Å². The number of amides is 1. The number of carboxylic acid groups (broad SMARTS) is 1. The number of carboxylic acids is 1. The monoisotopic (exact) mass is 257 g/mol. The number of carbonyl (C=O) groups is 2. The number of ether oxygens (including phenoxy) is 1. The van der Waals surface area contributed by atoms with Crippen LogP contribution in [0.1, 0.15) is 40.5 Å². The van der Waals surface area contributed by atoms with Crippen LogP contribution in [0.2, 0.25) is 0 Å². The average Bonchev–Trinajstić information content (AvgIpc) is 2.64. The molecule has 5 nitrogen and oxygen atoms in total. The Kier molecular flexibility index (Phi) is 4.59. The zero-order valence-electron chi connectivity index (χ0n) is 11.6. The summed E-state index contributed by atoms with van der Waals surface area (Å²) in [7, 11) is 0. The summed E-state index contributed by atoms with van der Waals surface area (Å²) in [6.07, 6.45) is 0.997. The fourth-order valence-electron chi connectivity index (χ4n) is 2.32. The number of rotatable bonds is 3. The van der Waals surface area contributed by atoms with Gasteiger partial charge in [-0.1, -0.05) is 6.92 Å². The van der Waals surface area contributed by atoms with Gasteiger partial charge in [-0.3, -0.25) is 4.79 Å². The van der Waals surface area contributed by atoms with Gasteiger partial charge in [0.05, 0.1) is 5.92 Å². The lowest BCUT2D eigenvalue weighted by Gasteiger charge is -2.25. The van der Waals surface area contributed by atoms with Crippen LogP contribution in [-0.2, 0) is 9.53 Å². The summed E-state index contributed by atoms with van der Waals surface area (Å²) in [6, 6.07) is 0. The molecule has 1 N–H and O–H groups in total. The minimum atomic E-state index is -0.770. The topological polar surface area (TPSA) is 66.8 Å². The van der Waals surface area contributed by atoms with Crippen LogP contribution in [0.4, 0.5) is 4.79 Å². The summed E-state index contributed by atoms with van der Waals surface area (Å²) < 4.78 is 5.28. The van der Waals surface area contributed by atoms with E-state index < -0.39 is 11.6 Å². The van der Waals surface area contributed by atoms with Crippen LogP contribution < -0.4 is 0 Å². The van der Waals surface area contributed by atoms with Crippen molar-refractivity contribution in [3.05, 3.63) is 0 Å². The molecule has 1 aliphatic heterocycles. The average molecular weight is 257 g/mol. The normalized spacial score (nSPS) is 21.8. The molecule has 0 spiro atoms. The summed E-state index contributed by atoms with van der Waals surface area (Å²) in [5.41, 5.74) is -0.508. The molecule has 0 aromatic carbocycles. The maximum absolute atomic E-state index is 11.8. The molecule has 1 saturated heterocycles. The van der Waals surface area contributed by atoms with Crippen molar-refractivity contribution in [2.45, 2.75) is 46.1 Å². The molecular weight excluding hydrogens is 234 g/mol. The highest BCUT2D eigenvalue weighted by atomic mass is 16.6. The van der Waals surface area contributed by atoms with Gasteiger partial charge in [0.25, 0.3) is 0 Å². The van der Waals surface area contributed by atoms with Gasteiger partial charge in [-0.25, -0.2) is 4.79 Å². The van der Waals surface area contributed by atoms with Crippen LogP contribution in [-0.4, -0.2) is 40.8 Å². The van der Waals surface area contributed by atoms with E-state index in [1.807, 2.05) is 27.7 Å². The molecule has 0 bridgehead atoms. The van der Waals surface area contributed by atoms with Crippen LogP contribution in [0.3, 0.4) is 0 Å². The standard InChI is InChI=1S/C13H23NO4/c1-5-10(11(15)16)9-6-7-14(8-9)12(17)18-13(2,3)4/h9-10H,5-8H2,1-4H3,(H,15,16)/t9-,10-/m0/s1. The Morgan fingerprint density at radius 2 is 2.06 bits per heavy atom.